The van der Waals surface area contributed by atoms with Crippen molar-refractivity contribution in [3.05, 3.63) is 24.3 Å². The van der Waals surface area contributed by atoms with Gasteiger partial charge in [0.1, 0.15) is 5.75 Å². The molecular weight excluding hydrogens is 207 g/mol. The van der Waals surface area contributed by atoms with E-state index < -0.39 is 0 Å². The molecule has 0 aliphatic rings. The summed E-state index contributed by atoms with van der Waals surface area (Å²) in [6.45, 7) is 5.27. The van der Waals surface area contributed by atoms with Crippen molar-refractivity contribution in [3.63, 3.8) is 0 Å². The fourth-order valence-electron chi connectivity index (χ4n) is 1.09. The standard InChI is InChI=1S/C12H19O2P/c1-10(2)8-9-14-15-12-6-4-11(13-3)5-7-12/h4-7,10,15H,8-9H2,1-3H3. The lowest BCUT2D eigenvalue weighted by atomic mass is 10.2. The van der Waals surface area contributed by atoms with Gasteiger partial charge in [0.2, 0.25) is 0 Å². The summed E-state index contributed by atoms with van der Waals surface area (Å²) in [4.78, 5) is 0. The second-order valence-electron chi connectivity index (χ2n) is 3.86. The van der Waals surface area contributed by atoms with E-state index >= 15 is 0 Å². The maximum atomic E-state index is 5.59. The molecule has 0 spiro atoms. The molecule has 1 rings (SSSR count). The largest absolute Gasteiger partial charge is 0.497 e. The van der Waals surface area contributed by atoms with Crippen molar-refractivity contribution in [2.45, 2.75) is 20.3 Å². The molecule has 0 aliphatic heterocycles. The summed E-state index contributed by atoms with van der Waals surface area (Å²) < 4.78 is 10.7. The first-order valence-corrected chi connectivity index (χ1v) is 6.15. The average Bonchev–Trinajstić information content (AvgIpc) is 2.25. The van der Waals surface area contributed by atoms with Crippen LogP contribution in [0.3, 0.4) is 0 Å². The minimum Gasteiger partial charge on any atom is -0.497 e. The quantitative estimate of drug-likeness (QED) is 0.548. The van der Waals surface area contributed by atoms with Crippen LogP contribution in [0, 0.1) is 5.92 Å². The van der Waals surface area contributed by atoms with Crippen LogP contribution in [0.1, 0.15) is 20.3 Å². The molecule has 0 radical (unpaired) electrons. The van der Waals surface area contributed by atoms with Gasteiger partial charge < -0.3 is 9.26 Å². The van der Waals surface area contributed by atoms with Gasteiger partial charge in [0.15, 0.2) is 0 Å². The Kier molecular flexibility index (Phi) is 5.67. The predicted octanol–water partition coefficient (Wildman–Crippen LogP) is 2.98. The fourth-order valence-corrected chi connectivity index (χ4v) is 1.78. The normalized spacial score (nSPS) is 11.5. The number of methoxy groups -OCH3 is 1. The molecule has 3 heteroatoms. The van der Waals surface area contributed by atoms with Gasteiger partial charge in [-0.05, 0) is 41.9 Å². The van der Waals surface area contributed by atoms with Crippen molar-refractivity contribution in [1.29, 1.82) is 0 Å². The van der Waals surface area contributed by atoms with Gasteiger partial charge in [-0.25, -0.2) is 0 Å². The van der Waals surface area contributed by atoms with Crippen LogP contribution in [-0.2, 0) is 4.52 Å². The lowest BCUT2D eigenvalue weighted by Crippen LogP contribution is -1.98. The van der Waals surface area contributed by atoms with E-state index in [2.05, 4.69) is 13.8 Å². The third-order valence-electron chi connectivity index (χ3n) is 2.08. The van der Waals surface area contributed by atoms with Gasteiger partial charge in [-0.1, -0.05) is 13.8 Å². The highest BCUT2D eigenvalue weighted by molar-refractivity contribution is 7.41. The van der Waals surface area contributed by atoms with E-state index in [4.69, 9.17) is 9.26 Å². The number of hydrogen-bond acceptors (Lipinski definition) is 2. The zero-order valence-electron chi connectivity index (χ0n) is 9.62. The van der Waals surface area contributed by atoms with Crippen LogP contribution in [0.2, 0.25) is 0 Å². The van der Waals surface area contributed by atoms with Gasteiger partial charge in [-0.15, -0.1) is 0 Å². The number of benzene rings is 1. The van der Waals surface area contributed by atoms with Crippen LogP contribution in [0.4, 0.5) is 0 Å². The van der Waals surface area contributed by atoms with E-state index in [9.17, 15) is 0 Å². The highest BCUT2D eigenvalue weighted by Crippen LogP contribution is 2.16. The maximum absolute atomic E-state index is 5.59. The summed E-state index contributed by atoms with van der Waals surface area (Å²) >= 11 is 0. The van der Waals surface area contributed by atoms with Gasteiger partial charge in [0, 0.05) is 8.81 Å². The molecule has 0 bridgehead atoms. The van der Waals surface area contributed by atoms with Crippen LogP contribution in [0.5, 0.6) is 5.75 Å². The summed E-state index contributed by atoms with van der Waals surface area (Å²) in [6, 6.07) is 8.03. The molecule has 1 unspecified atom stereocenters. The first-order chi connectivity index (χ1) is 7.22. The van der Waals surface area contributed by atoms with Gasteiger partial charge in [-0.3, -0.25) is 0 Å². The molecule has 84 valence electrons. The van der Waals surface area contributed by atoms with Crippen LogP contribution in [0.15, 0.2) is 24.3 Å². The van der Waals surface area contributed by atoms with Crippen molar-refractivity contribution in [2.24, 2.45) is 5.92 Å². The minimum atomic E-state index is 0.446. The Balaban J connectivity index is 2.25. The highest BCUT2D eigenvalue weighted by atomic mass is 31.1. The summed E-state index contributed by atoms with van der Waals surface area (Å²) in [5, 5.41) is 1.22. The Hall–Kier alpha value is -0.590. The Bertz CT molecular complexity index is 269. The summed E-state index contributed by atoms with van der Waals surface area (Å²) in [5.74, 6) is 1.61. The predicted molar refractivity (Wildman–Crippen MR) is 66.4 cm³/mol. The molecule has 1 aromatic rings. The molecule has 0 saturated carbocycles. The third kappa shape index (κ3) is 5.15. The SMILES string of the molecule is COc1ccc(POCCC(C)C)cc1. The van der Waals surface area contributed by atoms with Crippen LogP contribution < -0.4 is 10.0 Å². The number of ether oxygens (including phenoxy) is 1. The Morgan fingerprint density at radius 2 is 1.87 bits per heavy atom. The van der Waals surface area contributed by atoms with Gasteiger partial charge in [-0.2, -0.15) is 0 Å². The highest BCUT2D eigenvalue weighted by Gasteiger charge is 1.96. The Labute approximate surface area is 93.8 Å². The molecule has 0 amide bonds. The van der Waals surface area contributed by atoms with E-state index in [0.29, 0.717) is 14.7 Å². The van der Waals surface area contributed by atoms with Gasteiger partial charge >= 0.3 is 0 Å². The Morgan fingerprint density at radius 1 is 1.20 bits per heavy atom. The van der Waals surface area contributed by atoms with Crippen molar-refractivity contribution in [3.8, 4) is 5.75 Å². The van der Waals surface area contributed by atoms with Crippen LogP contribution in [0.25, 0.3) is 0 Å². The zero-order valence-corrected chi connectivity index (χ0v) is 10.6. The molecule has 1 aromatic carbocycles. The molecule has 0 aliphatic carbocycles. The molecular formula is C12H19O2P. The topological polar surface area (TPSA) is 18.5 Å². The smallest absolute Gasteiger partial charge is 0.118 e. The van der Waals surface area contributed by atoms with Crippen molar-refractivity contribution in [2.75, 3.05) is 13.7 Å². The first kappa shape index (κ1) is 12.5. The third-order valence-corrected chi connectivity index (χ3v) is 2.99. The molecule has 15 heavy (non-hydrogen) atoms. The van der Waals surface area contributed by atoms with Crippen LogP contribution >= 0.6 is 8.81 Å². The maximum Gasteiger partial charge on any atom is 0.118 e. The monoisotopic (exact) mass is 226 g/mol. The molecule has 0 N–H and O–H groups in total. The molecule has 0 saturated heterocycles. The number of hydrogen-bond donors (Lipinski definition) is 0. The minimum absolute atomic E-state index is 0.446. The molecule has 0 aromatic heterocycles. The van der Waals surface area contributed by atoms with Crippen molar-refractivity contribution in [1.82, 2.24) is 0 Å². The second-order valence-corrected chi connectivity index (χ2v) is 4.93. The fraction of sp³-hybridized carbons (Fsp3) is 0.500. The lowest BCUT2D eigenvalue weighted by Gasteiger charge is -2.06. The van der Waals surface area contributed by atoms with E-state index in [1.54, 1.807) is 7.11 Å². The van der Waals surface area contributed by atoms with E-state index in [0.717, 1.165) is 18.8 Å². The molecule has 0 heterocycles. The van der Waals surface area contributed by atoms with Crippen molar-refractivity contribution < 1.29 is 9.26 Å². The van der Waals surface area contributed by atoms with E-state index in [1.807, 2.05) is 24.3 Å². The van der Waals surface area contributed by atoms with Crippen LogP contribution in [-0.4, -0.2) is 13.7 Å². The number of rotatable bonds is 6. The van der Waals surface area contributed by atoms with Gasteiger partial charge in [0.25, 0.3) is 0 Å². The molecule has 2 nitrogen and oxygen atoms in total. The summed E-state index contributed by atoms with van der Waals surface area (Å²) in [5.41, 5.74) is 0. The summed E-state index contributed by atoms with van der Waals surface area (Å²) in [6.07, 6.45) is 1.13. The summed E-state index contributed by atoms with van der Waals surface area (Å²) in [7, 11) is 2.12. The molecule has 1 atom stereocenters. The van der Waals surface area contributed by atoms with E-state index in [1.165, 1.54) is 5.30 Å². The zero-order chi connectivity index (χ0) is 11.1. The lowest BCUT2D eigenvalue weighted by molar-refractivity contribution is 0.329. The van der Waals surface area contributed by atoms with Gasteiger partial charge in [0.05, 0.1) is 13.7 Å². The van der Waals surface area contributed by atoms with E-state index in [-0.39, 0.29) is 0 Å². The first-order valence-electron chi connectivity index (χ1n) is 5.24. The molecule has 0 fully saturated rings. The average molecular weight is 226 g/mol. The second kappa shape index (κ2) is 6.81. The van der Waals surface area contributed by atoms with Crippen molar-refractivity contribution >= 4 is 14.1 Å². The Morgan fingerprint density at radius 3 is 2.40 bits per heavy atom.